The molecule has 2 N–H and O–H groups in total. The first kappa shape index (κ1) is 14.5. The molecule has 3 nitrogen and oxygen atoms in total. The lowest BCUT2D eigenvalue weighted by molar-refractivity contribution is -0.347. The van der Waals surface area contributed by atoms with E-state index in [1.807, 2.05) is 18.2 Å². The van der Waals surface area contributed by atoms with E-state index in [1.54, 1.807) is 0 Å². The lowest BCUT2D eigenvalue weighted by Gasteiger charge is -2.49. The Hall–Kier alpha value is -0.900. The van der Waals surface area contributed by atoms with Crippen LogP contribution in [-0.4, -0.2) is 19.3 Å². The van der Waals surface area contributed by atoms with Crippen LogP contribution in [0.1, 0.15) is 39.2 Å². The summed E-state index contributed by atoms with van der Waals surface area (Å²) in [6.07, 6.45) is 1.98. The molecule has 2 atom stereocenters. The Bertz CT molecular complexity index is 397. The number of rotatable bonds is 3. The molecule has 0 saturated carbocycles. The van der Waals surface area contributed by atoms with E-state index in [4.69, 9.17) is 15.2 Å². The van der Waals surface area contributed by atoms with E-state index in [1.165, 1.54) is 0 Å². The van der Waals surface area contributed by atoms with Gasteiger partial charge in [0.1, 0.15) is 0 Å². The van der Waals surface area contributed by atoms with E-state index < -0.39 is 5.79 Å². The first-order valence-electron chi connectivity index (χ1n) is 7.07. The molecule has 1 aromatic rings. The highest BCUT2D eigenvalue weighted by Crippen LogP contribution is 2.47. The van der Waals surface area contributed by atoms with Gasteiger partial charge >= 0.3 is 0 Å². The van der Waals surface area contributed by atoms with Gasteiger partial charge in [-0.3, -0.25) is 0 Å². The molecule has 0 bridgehead atoms. The lowest BCUT2D eigenvalue weighted by atomic mass is 9.79. The van der Waals surface area contributed by atoms with Crippen LogP contribution in [0.2, 0.25) is 0 Å². The average molecular weight is 263 g/mol. The molecule has 0 aromatic heterocycles. The quantitative estimate of drug-likeness (QED) is 0.911. The fourth-order valence-electron chi connectivity index (χ4n) is 2.69. The zero-order valence-electron chi connectivity index (χ0n) is 12.2. The molecule has 1 aromatic carbocycles. The van der Waals surface area contributed by atoms with Crippen LogP contribution in [0.5, 0.6) is 0 Å². The second-order valence-electron chi connectivity index (χ2n) is 6.19. The number of nitrogens with two attached hydrogens (primary N) is 1. The van der Waals surface area contributed by atoms with E-state index in [9.17, 15) is 0 Å². The molecule has 1 aliphatic heterocycles. The third-order valence-corrected chi connectivity index (χ3v) is 3.71. The van der Waals surface area contributed by atoms with Crippen molar-refractivity contribution in [2.24, 2.45) is 11.1 Å². The smallest absolute Gasteiger partial charge is 0.200 e. The maximum absolute atomic E-state index is 6.36. The van der Waals surface area contributed by atoms with E-state index in [-0.39, 0.29) is 11.5 Å². The molecular formula is C16H25NO2. The van der Waals surface area contributed by atoms with Gasteiger partial charge in [-0.2, -0.15) is 0 Å². The summed E-state index contributed by atoms with van der Waals surface area (Å²) < 4.78 is 12.5. The predicted octanol–water partition coefficient (Wildman–Crippen LogP) is 3.04. The first-order chi connectivity index (χ1) is 8.99. The van der Waals surface area contributed by atoms with Gasteiger partial charge in [0.15, 0.2) is 5.79 Å². The highest BCUT2D eigenvalue weighted by molar-refractivity contribution is 5.23. The van der Waals surface area contributed by atoms with E-state index in [0.29, 0.717) is 6.54 Å². The maximum Gasteiger partial charge on any atom is 0.200 e. The number of hydrogen-bond acceptors (Lipinski definition) is 3. The van der Waals surface area contributed by atoms with Crippen molar-refractivity contribution in [3.63, 3.8) is 0 Å². The molecule has 1 aliphatic rings. The van der Waals surface area contributed by atoms with Gasteiger partial charge in [-0.1, -0.05) is 51.1 Å². The molecular weight excluding hydrogens is 238 g/mol. The van der Waals surface area contributed by atoms with Gasteiger partial charge in [0.25, 0.3) is 0 Å². The molecule has 19 heavy (non-hydrogen) atoms. The molecule has 0 amide bonds. The first-order valence-corrected chi connectivity index (χ1v) is 7.07. The summed E-state index contributed by atoms with van der Waals surface area (Å²) in [6.45, 7) is 7.84. The zero-order chi connectivity index (χ0) is 13.9. The highest BCUT2D eigenvalue weighted by Gasteiger charge is 2.49. The summed E-state index contributed by atoms with van der Waals surface area (Å²) in [6, 6.07) is 10.2. The van der Waals surface area contributed by atoms with Crippen LogP contribution in [-0.2, 0) is 15.3 Å². The molecule has 1 fully saturated rings. The van der Waals surface area contributed by atoms with Crippen LogP contribution in [0.25, 0.3) is 0 Å². The van der Waals surface area contributed by atoms with Crippen molar-refractivity contribution in [2.75, 3.05) is 13.2 Å². The van der Waals surface area contributed by atoms with Crippen LogP contribution >= 0.6 is 0 Å². The van der Waals surface area contributed by atoms with Crippen molar-refractivity contribution in [3.05, 3.63) is 35.9 Å². The zero-order valence-corrected chi connectivity index (χ0v) is 12.2. The Morgan fingerprint density at radius 1 is 1.26 bits per heavy atom. The topological polar surface area (TPSA) is 44.5 Å². The summed E-state index contributed by atoms with van der Waals surface area (Å²) in [7, 11) is 0. The van der Waals surface area contributed by atoms with E-state index in [2.05, 4.69) is 32.9 Å². The minimum Gasteiger partial charge on any atom is -0.345 e. The molecule has 106 valence electrons. The summed E-state index contributed by atoms with van der Waals surface area (Å²) >= 11 is 0. The number of ether oxygens (including phenoxy) is 2. The monoisotopic (exact) mass is 263 g/mol. The van der Waals surface area contributed by atoms with Gasteiger partial charge in [-0.05, 0) is 19.4 Å². The molecule has 1 heterocycles. The molecule has 0 unspecified atom stereocenters. The van der Waals surface area contributed by atoms with Crippen LogP contribution < -0.4 is 5.73 Å². The third kappa shape index (κ3) is 2.83. The van der Waals surface area contributed by atoms with Gasteiger partial charge in [-0.25, -0.2) is 0 Å². The van der Waals surface area contributed by atoms with Crippen LogP contribution in [0.15, 0.2) is 30.3 Å². The highest BCUT2D eigenvalue weighted by atomic mass is 16.7. The Balaban J connectivity index is 2.36. The normalized spacial score (nSPS) is 28.3. The van der Waals surface area contributed by atoms with Gasteiger partial charge in [0.2, 0.25) is 0 Å². The van der Waals surface area contributed by atoms with Crippen molar-refractivity contribution < 1.29 is 9.47 Å². The number of hydrogen-bond donors (Lipinski definition) is 1. The number of benzene rings is 1. The van der Waals surface area contributed by atoms with Crippen molar-refractivity contribution >= 4 is 0 Å². The summed E-state index contributed by atoms with van der Waals surface area (Å²) in [5.74, 6) is -0.674. The van der Waals surface area contributed by atoms with Crippen molar-refractivity contribution in [3.8, 4) is 0 Å². The molecule has 3 heteroatoms. The van der Waals surface area contributed by atoms with Crippen LogP contribution in [0.4, 0.5) is 0 Å². The Morgan fingerprint density at radius 2 is 1.95 bits per heavy atom. The average Bonchev–Trinajstić information content (AvgIpc) is 2.39. The van der Waals surface area contributed by atoms with Crippen molar-refractivity contribution in [1.29, 1.82) is 0 Å². The summed E-state index contributed by atoms with van der Waals surface area (Å²) in [5, 5.41) is 0. The molecule has 0 spiro atoms. The summed E-state index contributed by atoms with van der Waals surface area (Å²) in [5.41, 5.74) is 6.62. The van der Waals surface area contributed by atoms with Crippen molar-refractivity contribution in [2.45, 2.75) is 45.5 Å². The SMILES string of the molecule is CC(C)(C)[C@]1(c2ccccc2)OCC[C@H](CCN)O1. The fraction of sp³-hybridized carbons (Fsp3) is 0.625. The minimum atomic E-state index is -0.674. The third-order valence-electron chi connectivity index (χ3n) is 3.71. The Labute approximate surface area is 116 Å². The Kier molecular flexibility index (Phi) is 4.29. The lowest BCUT2D eigenvalue weighted by Crippen LogP contribution is -2.51. The van der Waals surface area contributed by atoms with Gasteiger partial charge < -0.3 is 15.2 Å². The Morgan fingerprint density at radius 3 is 2.53 bits per heavy atom. The second kappa shape index (κ2) is 5.61. The van der Waals surface area contributed by atoms with E-state index in [0.717, 1.165) is 25.0 Å². The van der Waals surface area contributed by atoms with Gasteiger partial charge in [0, 0.05) is 11.0 Å². The van der Waals surface area contributed by atoms with Crippen LogP contribution in [0.3, 0.4) is 0 Å². The summed E-state index contributed by atoms with van der Waals surface area (Å²) in [4.78, 5) is 0. The van der Waals surface area contributed by atoms with Gasteiger partial charge in [-0.15, -0.1) is 0 Å². The fourth-order valence-corrected chi connectivity index (χ4v) is 2.69. The predicted molar refractivity (Wildman–Crippen MR) is 76.7 cm³/mol. The molecule has 1 saturated heterocycles. The van der Waals surface area contributed by atoms with E-state index >= 15 is 0 Å². The molecule has 0 radical (unpaired) electrons. The van der Waals surface area contributed by atoms with Crippen molar-refractivity contribution in [1.82, 2.24) is 0 Å². The molecule has 2 rings (SSSR count). The molecule has 0 aliphatic carbocycles. The minimum absolute atomic E-state index is 0.137. The maximum atomic E-state index is 6.36. The van der Waals surface area contributed by atoms with Crippen LogP contribution in [0, 0.1) is 5.41 Å². The second-order valence-corrected chi connectivity index (χ2v) is 6.19. The largest absolute Gasteiger partial charge is 0.345 e. The standard InChI is InChI=1S/C16H25NO2/c1-15(2,3)16(13-7-5-4-6-8-13)18-12-10-14(19-16)9-11-17/h4-8,14H,9-12,17H2,1-3H3/t14-,16+/m0/s1. The van der Waals surface area contributed by atoms with Gasteiger partial charge in [0.05, 0.1) is 12.7 Å².